The van der Waals surface area contributed by atoms with E-state index in [2.05, 4.69) is 20.5 Å². The average Bonchev–Trinajstić information content (AvgIpc) is 3.47. The fourth-order valence-corrected chi connectivity index (χ4v) is 4.91. The van der Waals surface area contributed by atoms with E-state index < -0.39 is 20.8 Å². The topological polar surface area (TPSA) is 109 Å². The third kappa shape index (κ3) is 3.77. The number of sulfone groups is 1. The van der Waals surface area contributed by atoms with Crippen LogP contribution < -0.4 is 0 Å². The molecule has 3 aromatic heterocycles. The van der Waals surface area contributed by atoms with Crippen LogP contribution in [0.5, 0.6) is 0 Å². The van der Waals surface area contributed by atoms with Crippen LogP contribution in [0.25, 0.3) is 28.0 Å². The molecule has 0 saturated heterocycles. The van der Waals surface area contributed by atoms with Crippen molar-refractivity contribution in [1.29, 1.82) is 0 Å². The van der Waals surface area contributed by atoms with Crippen LogP contribution in [0.3, 0.4) is 0 Å². The van der Waals surface area contributed by atoms with E-state index >= 15 is 0 Å². The molecule has 0 amide bonds. The van der Waals surface area contributed by atoms with Crippen molar-refractivity contribution in [3.8, 4) is 17.1 Å². The van der Waals surface area contributed by atoms with Gasteiger partial charge in [0, 0.05) is 34.2 Å². The van der Waals surface area contributed by atoms with E-state index in [0.717, 1.165) is 10.9 Å². The highest BCUT2D eigenvalue weighted by Crippen LogP contribution is 2.30. The molecule has 32 heavy (non-hydrogen) atoms. The number of hydrogen-bond acceptors (Lipinski definition) is 7. The molecular formula is C20H14Cl2N6O3S. The van der Waals surface area contributed by atoms with Crippen molar-refractivity contribution in [3.63, 3.8) is 0 Å². The fraction of sp³-hybridized carbons (Fsp3) is 0.100. The van der Waals surface area contributed by atoms with Crippen molar-refractivity contribution in [2.24, 2.45) is 7.05 Å². The van der Waals surface area contributed by atoms with E-state index in [0.29, 0.717) is 21.3 Å². The summed E-state index contributed by atoms with van der Waals surface area (Å²) in [5.41, 5.74) is 2.37. The van der Waals surface area contributed by atoms with Gasteiger partial charge in [0.05, 0.1) is 23.1 Å². The van der Waals surface area contributed by atoms with Crippen molar-refractivity contribution in [3.05, 3.63) is 70.6 Å². The maximum atomic E-state index is 12.8. The number of hydrogen-bond donors (Lipinski definition) is 0. The molecule has 0 unspecified atom stereocenters. The normalized spacial score (nSPS) is 12.0. The van der Waals surface area contributed by atoms with Crippen molar-refractivity contribution >= 4 is 43.9 Å². The monoisotopic (exact) mass is 488 g/mol. The molecule has 3 heterocycles. The van der Waals surface area contributed by atoms with Crippen LogP contribution in [-0.2, 0) is 22.6 Å². The molecule has 0 atom stereocenters. The maximum Gasteiger partial charge on any atom is 0.336 e. The summed E-state index contributed by atoms with van der Waals surface area (Å²) in [6, 6.07) is 12.5. The Bertz CT molecular complexity index is 1550. The summed E-state index contributed by atoms with van der Waals surface area (Å²) in [6.45, 7) is 0. The molecule has 5 rings (SSSR count). The van der Waals surface area contributed by atoms with E-state index in [4.69, 9.17) is 27.6 Å². The van der Waals surface area contributed by atoms with Crippen molar-refractivity contribution in [1.82, 2.24) is 29.8 Å². The highest BCUT2D eigenvalue weighted by Gasteiger charge is 2.26. The molecule has 0 spiro atoms. The number of aryl methyl sites for hydroxylation is 1. The van der Waals surface area contributed by atoms with Gasteiger partial charge in [-0.1, -0.05) is 51.7 Å². The van der Waals surface area contributed by atoms with Crippen LogP contribution >= 0.6 is 23.2 Å². The summed E-state index contributed by atoms with van der Waals surface area (Å²) in [7, 11) is -2.06. The second kappa shape index (κ2) is 7.73. The molecule has 0 fully saturated rings. The Morgan fingerprint density at radius 3 is 2.53 bits per heavy atom. The van der Waals surface area contributed by atoms with Crippen LogP contribution in [0.15, 0.2) is 64.5 Å². The summed E-state index contributed by atoms with van der Waals surface area (Å²) in [6.07, 6.45) is 3.29. The molecule has 9 nitrogen and oxygen atoms in total. The molecule has 0 aliphatic rings. The Hall–Kier alpha value is -3.21. The first-order chi connectivity index (χ1) is 15.3. The Labute approximate surface area is 192 Å². The van der Waals surface area contributed by atoms with Crippen LogP contribution in [0, 0.1) is 0 Å². The number of para-hydroxylation sites is 1. The predicted molar refractivity (Wildman–Crippen MR) is 118 cm³/mol. The molecule has 12 heteroatoms. The number of rotatable bonds is 5. The van der Waals surface area contributed by atoms with Gasteiger partial charge in [-0.15, -0.1) is 10.2 Å². The lowest BCUT2D eigenvalue weighted by molar-refractivity contribution is 0.439. The van der Waals surface area contributed by atoms with Gasteiger partial charge < -0.3 is 8.98 Å². The average molecular weight is 489 g/mol. The van der Waals surface area contributed by atoms with E-state index in [1.54, 1.807) is 18.2 Å². The summed E-state index contributed by atoms with van der Waals surface area (Å²) in [5, 5.41) is 16.8. The Morgan fingerprint density at radius 1 is 1.00 bits per heavy atom. The lowest BCUT2D eigenvalue weighted by Crippen LogP contribution is -2.05. The Morgan fingerprint density at radius 2 is 1.75 bits per heavy atom. The summed E-state index contributed by atoms with van der Waals surface area (Å²) < 4.78 is 34.5. The summed E-state index contributed by atoms with van der Waals surface area (Å²) in [4.78, 5) is 0. The minimum Gasteiger partial charge on any atom is -0.408 e. The minimum atomic E-state index is -3.95. The standard InChI is InChI=1S/C20H14Cl2N6O3S/c1-27-10-17(16-4-2-3-5-18(16)27)19-24-25-20(31-19)32(29,30)11-14-9-28(26-23-14)15-7-12(21)6-13(22)8-15/h2-10H,11H2,1H3. The van der Waals surface area contributed by atoms with Crippen LogP contribution in [0.2, 0.25) is 10.0 Å². The first-order valence-corrected chi connectivity index (χ1v) is 11.7. The second-order valence-electron chi connectivity index (χ2n) is 7.09. The summed E-state index contributed by atoms with van der Waals surface area (Å²) >= 11 is 12.0. The first kappa shape index (κ1) is 20.7. The molecule has 0 N–H and O–H groups in total. The maximum absolute atomic E-state index is 12.8. The minimum absolute atomic E-state index is 0.123. The van der Waals surface area contributed by atoms with Crippen molar-refractivity contribution in [2.75, 3.05) is 0 Å². The molecular weight excluding hydrogens is 475 g/mol. The Kier molecular flexibility index (Phi) is 5.00. The molecule has 0 bridgehead atoms. The van der Waals surface area contributed by atoms with Crippen LogP contribution in [-0.4, -0.2) is 38.2 Å². The zero-order valence-corrected chi connectivity index (χ0v) is 18.8. The van der Waals surface area contributed by atoms with Gasteiger partial charge in [-0.05, 0) is 24.3 Å². The van der Waals surface area contributed by atoms with Gasteiger partial charge in [-0.2, -0.15) is 0 Å². The number of aromatic nitrogens is 6. The van der Waals surface area contributed by atoms with Gasteiger partial charge in [0.25, 0.3) is 5.89 Å². The van der Waals surface area contributed by atoms with Gasteiger partial charge in [-0.25, -0.2) is 13.1 Å². The molecule has 162 valence electrons. The number of nitrogens with zero attached hydrogens (tertiary/aromatic N) is 6. The van der Waals surface area contributed by atoms with Gasteiger partial charge >= 0.3 is 5.22 Å². The van der Waals surface area contributed by atoms with Gasteiger partial charge in [0.1, 0.15) is 5.75 Å². The molecule has 0 saturated carbocycles. The predicted octanol–water partition coefficient (Wildman–Crippen LogP) is 4.09. The van der Waals surface area contributed by atoms with Gasteiger partial charge in [-0.3, -0.25) is 0 Å². The lowest BCUT2D eigenvalue weighted by atomic mass is 10.2. The molecule has 0 radical (unpaired) electrons. The Balaban J connectivity index is 1.43. The van der Waals surface area contributed by atoms with Crippen LogP contribution in [0.4, 0.5) is 0 Å². The second-order valence-corrected chi connectivity index (χ2v) is 9.83. The van der Waals surface area contributed by atoms with Crippen LogP contribution in [0.1, 0.15) is 5.69 Å². The van der Waals surface area contributed by atoms with Crippen molar-refractivity contribution in [2.45, 2.75) is 11.0 Å². The third-order valence-electron chi connectivity index (χ3n) is 4.79. The van der Waals surface area contributed by atoms with Gasteiger partial charge in [0.2, 0.25) is 9.84 Å². The highest BCUT2D eigenvalue weighted by atomic mass is 35.5. The van der Waals surface area contributed by atoms with E-state index in [1.165, 1.54) is 10.9 Å². The molecule has 2 aromatic carbocycles. The number of benzene rings is 2. The van der Waals surface area contributed by atoms with Crippen molar-refractivity contribution < 1.29 is 12.8 Å². The van der Waals surface area contributed by atoms with E-state index in [9.17, 15) is 8.42 Å². The fourth-order valence-electron chi connectivity index (χ4n) is 3.38. The summed E-state index contributed by atoms with van der Waals surface area (Å²) in [5.74, 6) is -0.337. The lowest BCUT2D eigenvalue weighted by Gasteiger charge is -2.01. The van der Waals surface area contributed by atoms with Gasteiger partial charge in [0.15, 0.2) is 0 Å². The smallest absolute Gasteiger partial charge is 0.336 e. The first-order valence-electron chi connectivity index (χ1n) is 9.28. The zero-order valence-electron chi connectivity index (χ0n) is 16.5. The highest BCUT2D eigenvalue weighted by molar-refractivity contribution is 7.90. The molecule has 0 aliphatic carbocycles. The van der Waals surface area contributed by atoms with E-state index in [1.807, 2.05) is 42.1 Å². The number of halogens is 2. The molecule has 5 aromatic rings. The zero-order chi connectivity index (χ0) is 22.5. The number of fused-ring (bicyclic) bond motifs is 1. The quantitative estimate of drug-likeness (QED) is 0.366. The molecule has 0 aliphatic heterocycles. The largest absolute Gasteiger partial charge is 0.408 e. The third-order valence-corrected chi connectivity index (χ3v) is 6.60. The SMILES string of the molecule is Cn1cc(-c2nnc(S(=O)(=O)Cc3cn(-c4cc(Cl)cc(Cl)c4)nn3)o2)c2ccccc21. The van der Waals surface area contributed by atoms with E-state index in [-0.39, 0.29) is 11.6 Å².